The van der Waals surface area contributed by atoms with Gasteiger partial charge in [-0.15, -0.1) is 0 Å². The Balaban J connectivity index is 1.52. The lowest BCUT2D eigenvalue weighted by Gasteiger charge is -2.40. The highest BCUT2D eigenvalue weighted by Crippen LogP contribution is 2.33. The number of hydrogen-bond donors (Lipinski definition) is 2. The maximum Gasteiger partial charge on any atom is 0.131 e. The number of pyridine rings is 1. The van der Waals surface area contributed by atoms with Crippen molar-refractivity contribution in [1.82, 2.24) is 4.98 Å². The first-order chi connectivity index (χ1) is 16.0. The predicted molar refractivity (Wildman–Crippen MR) is 133 cm³/mol. The Morgan fingerprint density at radius 3 is 2.82 bits per heavy atom. The molecule has 0 aliphatic carbocycles. The Morgan fingerprint density at radius 1 is 1.24 bits per heavy atom. The first kappa shape index (κ1) is 22.1. The van der Waals surface area contributed by atoms with Crippen molar-refractivity contribution in [2.45, 2.75) is 18.4 Å². The zero-order valence-corrected chi connectivity index (χ0v) is 19.9. The molecule has 0 amide bonds. The number of anilines is 2. The quantitative estimate of drug-likeness (QED) is 0.577. The summed E-state index contributed by atoms with van der Waals surface area (Å²) in [5.74, 6) is 2.20. The number of nitrogens with zero attached hydrogens (tertiary/aromatic N) is 2. The molecule has 3 aromatic rings. The third-order valence-corrected chi connectivity index (χ3v) is 8.04. The standard InChI is InChI=1S/C25H30N4O3S/c1-17-3-5-21-20(9-17)22(27-14-25(13-26)15-32-16-25)11-24(28-21)29-7-8-33(30)23-6-4-19(31-2)10-18(23)12-29/h3-6,9-11H,7-8,12-16,26H2,1-2H3,(H,27,28). The Bertz CT molecular complexity index is 1210. The van der Waals surface area contributed by atoms with E-state index >= 15 is 0 Å². The summed E-state index contributed by atoms with van der Waals surface area (Å²) in [5, 5.41) is 4.73. The molecule has 3 N–H and O–H groups in total. The predicted octanol–water partition coefficient (Wildman–Crippen LogP) is 3.07. The second-order valence-electron chi connectivity index (χ2n) is 9.04. The second kappa shape index (κ2) is 8.93. The van der Waals surface area contributed by atoms with Crippen molar-refractivity contribution in [3.63, 3.8) is 0 Å². The lowest BCUT2D eigenvalue weighted by atomic mass is 9.86. The average molecular weight is 467 g/mol. The number of rotatable bonds is 6. The minimum atomic E-state index is -1.05. The molecule has 5 rings (SSSR count). The third kappa shape index (κ3) is 4.30. The summed E-state index contributed by atoms with van der Waals surface area (Å²) in [6.07, 6.45) is 0. The SMILES string of the molecule is COc1ccc2c(c1)CN(c1cc(NCC3(CN)COC3)c3cc(C)ccc3n1)CCS2=O. The van der Waals surface area contributed by atoms with Crippen molar-refractivity contribution < 1.29 is 13.7 Å². The molecular weight excluding hydrogens is 436 g/mol. The van der Waals surface area contributed by atoms with Crippen LogP contribution in [-0.4, -0.2) is 54.9 Å². The molecule has 2 aliphatic heterocycles. The summed E-state index contributed by atoms with van der Waals surface area (Å²) in [7, 11) is 0.601. The molecule has 0 bridgehead atoms. The van der Waals surface area contributed by atoms with Crippen LogP contribution < -0.4 is 20.7 Å². The fourth-order valence-corrected chi connectivity index (χ4v) is 5.65. The van der Waals surface area contributed by atoms with Gasteiger partial charge in [0.25, 0.3) is 0 Å². The van der Waals surface area contributed by atoms with Gasteiger partial charge in [0.2, 0.25) is 0 Å². The first-order valence-electron chi connectivity index (χ1n) is 11.2. The van der Waals surface area contributed by atoms with E-state index in [0.717, 1.165) is 45.2 Å². The number of aryl methyl sites for hydroxylation is 1. The summed E-state index contributed by atoms with van der Waals surface area (Å²) in [5.41, 5.74) is 10.2. The van der Waals surface area contributed by atoms with Crippen LogP contribution in [0.2, 0.25) is 0 Å². The van der Waals surface area contributed by atoms with Crippen molar-refractivity contribution in [3.8, 4) is 5.75 Å². The van der Waals surface area contributed by atoms with Gasteiger partial charge in [-0.05, 0) is 42.8 Å². The van der Waals surface area contributed by atoms with Gasteiger partial charge in [-0.2, -0.15) is 0 Å². The molecule has 1 fully saturated rings. The zero-order valence-electron chi connectivity index (χ0n) is 19.1. The highest BCUT2D eigenvalue weighted by molar-refractivity contribution is 7.85. The van der Waals surface area contributed by atoms with Crippen LogP contribution in [0.15, 0.2) is 47.4 Å². The number of nitrogens with one attached hydrogen (secondary N) is 1. The van der Waals surface area contributed by atoms with Gasteiger partial charge in [-0.3, -0.25) is 4.21 Å². The normalized spacial score (nSPS) is 19.5. The van der Waals surface area contributed by atoms with Gasteiger partial charge in [-0.1, -0.05) is 11.6 Å². The summed E-state index contributed by atoms with van der Waals surface area (Å²) in [6, 6.07) is 14.2. The lowest BCUT2D eigenvalue weighted by molar-refractivity contribution is -0.0979. The lowest BCUT2D eigenvalue weighted by Crippen LogP contribution is -2.52. The van der Waals surface area contributed by atoms with Gasteiger partial charge in [0.1, 0.15) is 11.6 Å². The summed E-state index contributed by atoms with van der Waals surface area (Å²) < 4.78 is 23.7. The molecular formula is C25H30N4O3S. The number of aromatic nitrogens is 1. The number of benzene rings is 2. The maximum absolute atomic E-state index is 12.9. The average Bonchev–Trinajstić information content (AvgIpc) is 2.97. The molecule has 2 aromatic carbocycles. The fraction of sp³-hybridized carbons (Fsp3) is 0.400. The third-order valence-electron chi connectivity index (χ3n) is 6.60. The molecule has 7 nitrogen and oxygen atoms in total. The Morgan fingerprint density at radius 2 is 2.09 bits per heavy atom. The second-order valence-corrected chi connectivity index (χ2v) is 10.6. The minimum absolute atomic E-state index is 0.0193. The van der Waals surface area contributed by atoms with Crippen LogP contribution >= 0.6 is 0 Å². The van der Waals surface area contributed by atoms with E-state index < -0.39 is 10.8 Å². The van der Waals surface area contributed by atoms with Gasteiger partial charge in [0.05, 0.1) is 36.6 Å². The molecule has 8 heteroatoms. The van der Waals surface area contributed by atoms with Gasteiger partial charge >= 0.3 is 0 Å². The largest absolute Gasteiger partial charge is 0.497 e. The number of ether oxygens (including phenoxy) is 2. The Kier molecular flexibility index (Phi) is 5.99. The van der Waals surface area contributed by atoms with E-state index in [-0.39, 0.29) is 5.41 Å². The van der Waals surface area contributed by atoms with Crippen LogP contribution in [0.4, 0.5) is 11.5 Å². The highest BCUT2D eigenvalue weighted by Gasteiger charge is 2.37. The Hall–Kier alpha value is -2.68. The van der Waals surface area contributed by atoms with E-state index in [1.165, 1.54) is 5.56 Å². The fourth-order valence-electron chi connectivity index (χ4n) is 4.41. The van der Waals surface area contributed by atoms with Crippen molar-refractivity contribution in [2.24, 2.45) is 11.1 Å². The molecule has 2 aliphatic rings. The minimum Gasteiger partial charge on any atom is -0.497 e. The van der Waals surface area contributed by atoms with Gasteiger partial charge in [-0.25, -0.2) is 4.98 Å². The molecule has 0 saturated carbocycles. The molecule has 0 spiro atoms. The molecule has 0 radical (unpaired) electrons. The van der Waals surface area contributed by atoms with Gasteiger partial charge < -0.3 is 25.4 Å². The number of methoxy groups -OCH3 is 1. The van der Waals surface area contributed by atoms with Gasteiger partial charge in [0.15, 0.2) is 0 Å². The summed E-state index contributed by atoms with van der Waals surface area (Å²) >= 11 is 0. The van der Waals surface area contributed by atoms with Gasteiger partial charge in [0, 0.05) is 59.4 Å². The van der Waals surface area contributed by atoms with E-state index in [0.29, 0.717) is 38.6 Å². The van der Waals surface area contributed by atoms with Crippen LogP contribution in [0, 0.1) is 12.3 Å². The molecule has 33 heavy (non-hydrogen) atoms. The smallest absolute Gasteiger partial charge is 0.131 e. The molecule has 174 valence electrons. The topological polar surface area (TPSA) is 89.7 Å². The van der Waals surface area contributed by atoms with E-state index in [1.54, 1.807) is 7.11 Å². The number of fused-ring (bicyclic) bond motifs is 2. The van der Waals surface area contributed by atoms with Crippen molar-refractivity contribution in [2.75, 3.05) is 55.9 Å². The first-order valence-corrected chi connectivity index (χ1v) is 12.6. The van der Waals surface area contributed by atoms with E-state index in [1.807, 2.05) is 18.2 Å². The van der Waals surface area contributed by atoms with Crippen molar-refractivity contribution in [3.05, 3.63) is 53.6 Å². The monoisotopic (exact) mass is 466 g/mol. The van der Waals surface area contributed by atoms with Crippen LogP contribution in [0.25, 0.3) is 10.9 Å². The van der Waals surface area contributed by atoms with E-state index in [9.17, 15) is 4.21 Å². The molecule has 1 aromatic heterocycles. The summed E-state index contributed by atoms with van der Waals surface area (Å²) in [6.45, 7) is 6.08. The molecule has 3 heterocycles. The molecule has 1 saturated heterocycles. The zero-order chi connectivity index (χ0) is 23.0. The number of nitrogens with two attached hydrogens (primary N) is 1. The van der Waals surface area contributed by atoms with Crippen molar-refractivity contribution >= 4 is 33.2 Å². The van der Waals surface area contributed by atoms with Crippen molar-refractivity contribution in [1.29, 1.82) is 0 Å². The van der Waals surface area contributed by atoms with Crippen LogP contribution in [0.5, 0.6) is 5.75 Å². The molecule has 1 unspecified atom stereocenters. The highest BCUT2D eigenvalue weighted by atomic mass is 32.2. The maximum atomic E-state index is 12.9. The van der Waals surface area contributed by atoms with Crippen LogP contribution in [0.1, 0.15) is 11.1 Å². The van der Waals surface area contributed by atoms with E-state index in [2.05, 4.69) is 41.4 Å². The van der Waals surface area contributed by atoms with Crippen LogP contribution in [-0.2, 0) is 22.1 Å². The van der Waals surface area contributed by atoms with E-state index in [4.69, 9.17) is 20.2 Å². The Labute approximate surface area is 196 Å². The summed E-state index contributed by atoms with van der Waals surface area (Å²) in [4.78, 5) is 8.07. The molecule has 1 atom stereocenters. The van der Waals surface area contributed by atoms with Crippen LogP contribution in [0.3, 0.4) is 0 Å². The number of hydrogen-bond acceptors (Lipinski definition) is 7.